The SMILES string of the molecule is COc1c(NC2CCCC2)sc(C(=O)N(C)C)c1N. The Kier molecular flexibility index (Phi) is 4.19. The number of amides is 1. The molecule has 5 nitrogen and oxygen atoms in total. The summed E-state index contributed by atoms with van der Waals surface area (Å²) >= 11 is 1.38. The van der Waals surface area contributed by atoms with E-state index < -0.39 is 0 Å². The van der Waals surface area contributed by atoms with Crippen molar-refractivity contribution in [3.63, 3.8) is 0 Å². The molecule has 106 valence electrons. The Balaban J connectivity index is 2.27. The lowest BCUT2D eigenvalue weighted by Gasteiger charge is -2.12. The molecule has 1 fully saturated rings. The van der Waals surface area contributed by atoms with Gasteiger partial charge in [0.25, 0.3) is 5.91 Å². The maximum Gasteiger partial charge on any atom is 0.265 e. The van der Waals surface area contributed by atoms with E-state index in [0.29, 0.717) is 22.4 Å². The Morgan fingerprint density at radius 3 is 2.58 bits per heavy atom. The van der Waals surface area contributed by atoms with Crippen molar-refractivity contribution in [1.29, 1.82) is 0 Å². The second-order valence-corrected chi connectivity index (χ2v) is 6.05. The number of nitrogens with one attached hydrogen (secondary N) is 1. The van der Waals surface area contributed by atoms with Crippen LogP contribution in [-0.2, 0) is 0 Å². The monoisotopic (exact) mass is 283 g/mol. The molecule has 0 aromatic carbocycles. The molecule has 1 aromatic rings. The summed E-state index contributed by atoms with van der Waals surface area (Å²) in [5.74, 6) is 0.516. The minimum absolute atomic E-state index is 0.0831. The van der Waals surface area contributed by atoms with Gasteiger partial charge < -0.3 is 20.7 Å². The average molecular weight is 283 g/mol. The first-order chi connectivity index (χ1) is 9.04. The molecule has 1 heterocycles. The molecule has 0 radical (unpaired) electrons. The van der Waals surface area contributed by atoms with E-state index in [-0.39, 0.29) is 5.91 Å². The number of nitrogens with zero attached hydrogens (tertiary/aromatic N) is 1. The summed E-state index contributed by atoms with van der Waals surface area (Å²) in [4.78, 5) is 14.1. The molecule has 1 amide bonds. The van der Waals surface area contributed by atoms with Gasteiger partial charge in [0.1, 0.15) is 15.6 Å². The molecule has 6 heteroatoms. The number of rotatable bonds is 4. The van der Waals surface area contributed by atoms with E-state index in [4.69, 9.17) is 10.5 Å². The largest absolute Gasteiger partial charge is 0.492 e. The number of hydrogen-bond acceptors (Lipinski definition) is 5. The zero-order valence-electron chi connectivity index (χ0n) is 11.7. The van der Waals surface area contributed by atoms with Gasteiger partial charge in [-0.05, 0) is 12.8 Å². The first-order valence-corrected chi connectivity index (χ1v) is 7.30. The normalized spacial score (nSPS) is 15.5. The molecule has 1 aromatic heterocycles. The zero-order chi connectivity index (χ0) is 14.0. The highest BCUT2D eigenvalue weighted by Gasteiger charge is 2.25. The van der Waals surface area contributed by atoms with Crippen molar-refractivity contribution < 1.29 is 9.53 Å². The second kappa shape index (κ2) is 5.69. The van der Waals surface area contributed by atoms with Crippen molar-refractivity contribution in [1.82, 2.24) is 4.90 Å². The predicted octanol–water partition coefficient (Wildman–Crippen LogP) is 2.40. The topological polar surface area (TPSA) is 67.6 Å². The van der Waals surface area contributed by atoms with Crippen LogP contribution in [-0.4, -0.2) is 38.1 Å². The van der Waals surface area contributed by atoms with Crippen LogP contribution in [0.4, 0.5) is 10.7 Å². The highest BCUT2D eigenvalue weighted by molar-refractivity contribution is 7.19. The van der Waals surface area contributed by atoms with Gasteiger partial charge in [0.2, 0.25) is 0 Å². The van der Waals surface area contributed by atoms with Gasteiger partial charge in [-0.3, -0.25) is 4.79 Å². The average Bonchev–Trinajstić information content (AvgIpc) is 2.97. The standard InChI is InChI=1S/C13H21N3O2S/c1-16(2)13(17)11-9(14)10(18-3)12(19-11)15-8-6-4-5-7-8/h8,15H,4-7,14H2,1-3H3. The van der Waals surface area contributed by atoms with Crippen LogP contribution < -0.4 is 15.8 Å². The fourth-order valence-corrected chi connectivity index (χ4v) is 3.53. The van der Waals surface area contributed by atoms with Crippen molar-refractivity contribution in [2.75, 3.05) is 32.3 Å². The Morgan fingerprint density at radius 1 is 1.42 bits per heavy atom. The van der Waals surface area contributed by atoms with Gasteiger partial charge in [-0.15, -0.1) is 11.3 Å². The number of anilines is 2. The number of nitrogens with two attached hydrogens (primary N) is 1. The highest BCUT2D eigenvalue weighted by Crippen LogP contribution is 2.43. The Morgan fingerprint density at radius 2 is 2.05 bits per heavy atom. The fraction of sp³-hybridized carbons (Fsp3) is 0.615. The Hall–Kier alpha value is -1.43. The van der Waals surface area contributed by atoms with Crippen LogP contribution in [0.2, 0.25) is 0 Å². The number of carbonyl (C=O) groups excluding carboxylic acids is 1. The number of carbonyl (C=O) groups is 1. The van der Waals surface area contributed by atoms with E-state index >= 15 is 0 Å². The third-order valence-corrected chi connectivity index (χ3v) is 4.50. The lowest BCUT2D eigenvalue weighted by Crippen LogP contribution is -2.21. The van der Waals surface area contributed by atoms with E-state index in [9.17, 15) is 4.79 Å². The van der Waals surface area contributed by atoms with Crippen LogP contribution in [0.15, 0.2) is 0 Å². The molecular weight excluding hydrogens is 262 g/mol. The summed E-state index contributed by atoms with van der Waals surface area (Å²) in [5.41, 5.74) is 6.46. The summed E-state index contributed by atoms with van der Waals surface area (Å²) < 4.78 is 5.35. The van der Waals surface area contributed by atoms with Gasteiger partial charge in [0.15, 0.2) is 5.75 Å². The third-order valence-electron chi connectivity index (χ3n) is 3.39. The molecule has 19 heavy (non-hydrogen) atoms. The molecule has 1 aliphatic rings. The van der Waals surface area contributed by atoms with Crippen LogP contribution in [0.3, 0.4) is 0 Å². The molecule has 0 saturated heterocycles. The number of methoxy groups -OCH3 is 1. The van der Waals surface area contributed by atoms with Crippen molar-refractivity contribution in [3.05, 3.63) is 4.88 Å². The van der Waals surface area contributed by atoms with Gasteiger partial charge in [0.05, 0.1) is 7.11 Å². The number of nitrogen functional groups attached to an aromatic ring is 1. The van der Waals surface area contributed by atoms with Gasteiger partial charge in [-0.2, -0.15) is 0 Å². The van der Waals surface area contributed by atoms with Crippen LogP contribution in [0.25, 0.3) is 0 Å². The quantitative estimate of drug-likeness (QED) is 0.890. The molecule has 0 bridgehead atoms. The van der Waals surface area contributed by atoms with Crippen LogP contribution >= 0.6 is 11.3 Å². The summed E-state index contributed by atoms with van der Waals surface area (Å²) in [7, 11) is 5.03. The van der Waals surface area contributed by atoms with E-state index in [1.165, 1.54) is 29.1 Å². The molecule has 0 unspecified atom stereocenters. The van der Waals surface area contributed by atoms with Crippen molar-refractivity contribution in [2.24, 2.45) is 0 Å². The van der Waals surface area contributed by atoms with Gasteiger partial charge in [-0.25, -0.2) is 0 Å². The van der Waals surface area contributed by atoms with Crippen molar-refractivity contribution in [3.8, 4) is 5.75 Å². The minimum atomic E-state index is -0.0831. The first-order valence-electron chi connectivity index (χ1n) is 6.49. The van der Waals surface area contributed by atoms with Crippen LogP contribution in [0, 0.1) is 0 Å². The Labute approximate surface area is 117 Å². The zero-order valence-corrected chi connectivity index (χ0v) is 12.5. The molecule has 0 spiro atoms. The van der Waals surface area contributed by atoms with Crippen molar-refractivity contribution in [2.45, 2.75) is 31.7 Å². The highest BCUT2D eigenvalue weighted by atomic mass is 32.1. The molecule has 0 atom stereocenters. The molecular formula is C13H21N3O2S. The van der Waals surface area contributed by atoms with Crippen LogP contribution in [0.5, 0.6) is 5.75 Å². The van der Waals surface area contributed by atoms with E-state index in [0.717, 1.165) is 17.8 Å². The summed E-state index contributed by atoms with van der Waals surface area (Å²) in [6.07, 6.45) is 4.84. The van der Waals surface area contributed by atoms with E-state index in [1.807, 2.05) is 0 Å². The lowest BCUT2D eigenvalue weighted by molar-refractivity contribution is 0.0833. The van der Waals surface area contributed by atoms with E-state index in [1.54, 1.807) is 21.2 Å². The summed E-state index contributed by atoms with van der Waals surface area (Å²) in [6.45, 7) is 0. The van der Waals surface area contributed by atoms with Gasteiger partial charge in [0, 0.05) is 20.1 Å². The Bertz CT molecular complexity index is 465. The number of thiophene rings is 1. The maximum absolute atomic E-state index is 12.1. The molecule has 1 aliphatic carbocycles. The minimum Gasteiger partial charge on any atom is -0.492 e. The first kappa shape index (κ1) is 14.0. The predicted molar refractivity (Wildman–Crippen MR) is 79.2 cm³/mol. The van der Waals surface area contributed by atoms with Gasteiger partial charge in [-0.1, -0.05) is 12.8 Å². The molecule has 3 N–H and O–H groups in total. The smallest absolute Gasteiger partial charge is 0.265 e. The summed E-state index contributed by atoms with van der Waals surface area (Å²) in [6, 6.07) is 0.467. The maximum atomic E-state index is 12.1. The van der Waals surface area contributed by atoms with E-state index in [2.05, 4.69) is 5.32 Å². The summed E-state index contributed by atoms with van der Waals surface area (Å²) in [5, 5.41) is 4.33. The van der Waals surface area contributed by atoms with Crippen molar-refractivity contribution >= 4 is 27.9 Å². The second-order valence-electron chi connectivity index (χ2n) is 5.03. The van der Waals surface area contributed by atoms with Gasteiger partial charge >= 0.3 is 0 Å². The molecule has 2 rings (SSSR count). The fourth-order valence-electron chi connectivity index (χ4n) is 2.34. The molecule has 0 aliphatic heterocycles. The number of ether oxygens (including phenoxy) is 1. The number of hydrogen-bond donors (Lipinski definition) is 2. The third kappa shape index (κ3) is 2.78. The molecule has 1 saturated carbocycles. The lowest BCUT2D eigenvalue weighted by atomic mass is 10.2. The van der Waals surface area contributed by atoms with Crippen LogP contribution in [0.1, 0.15) is 35.4 Å².